The number of anilines is 3. The van der Waals surface area contributed by atoms with Gasteiger partial charge < -0.3 is 15.7 Å². The highest BCUT2D eigenvalue weighted by Crippen LogP contribution is 2.41. The number of rotatable bonds is 7. The van der Waals surface area contributed by atoms with Crippen molar-refractivity contribution in [2.75, 3.05) is 24.7 Å². The Labute approximate surface area is 186 Å². The number of hydrogen-bond acceptors (Lipinski definition) is 9. The number of hydrogen-bond donors (Lipinski definition) is 3. The van der Waals surface area contributed by atoms with Gasteiger partial charge in [-0.25, -0.2) is 17.4 Å². The van der Waals surface area contributed by atoms with Crippen LogP contribution in [0, 0.1) is 12.3 Å². The first-order valence-corrected chi connectivity index (χ1v) is 11.8. The maximum atomic E-state index is 12.5. The Kier molecular flexibility index (Phi) is 6.30. The summed E-state index contributed by atoms with van der Waals surface area (Å²) in [4.78, 5) is 2.13. The van der Waals surface area contributed by atoms with Crippen molar-refractivity contribution in [3.8, 4) is 5.75 Å². The molecule has 3 aromatic rings. The predicted octanol–water partition coefficient (Wildman–Crippen LogP) is 4.34. The monoisotopic (exact) mass is 465 g/mol. The topological polar surface area (TPSA) is 121 Å². The predicted molar refractivity (Wildman–Crippen MR) is 121 cm³/mol. The Morgan fingerprint density at radius 3 is 2.39 bits per heavy atom. The maximum absolute atomic E-state index is 12.5. The van der Waals surface area contributed by atoms with E-state index in [0.717, 1.165) is 9.18 Å². The van der Waals surface area contributed by atoms with E-state index in [-0.39, 0.29) is 27.9 Å². The molecule has 0 fully saturated rings. The minimum atomic E-state index is -3.82. The molecule has 0 spiro atoms. The minimum absolute atomic E-state index is 0.0762. The lowest BCUT2D eigenvalue weighted by atomic mass is 9.86. The molecular weight excluding hydrogens is 438 g/mol. The zero-order valence-corrected chi connectivity index (χ0v) is 19.9. The van der Waals surface area contributed by atoms with Gasteiger partial charge >= 0.3 is 0 Å². The van der Waals surface area contributed by atoms with E-state index < -0.39 is 15.8 Å². The average Bonchev–Trinajstić information content (AvgIpc) is 3.28. The van der Waals surface area contributed by atoms with Crippen LogP contribution in [0.1, 0.15) is 36.6 Å². The van der Waals surface area contributed by atoms with Crippen molar-refractivity contribution < 1.29 is 18.2 Å². The van der Waals surface area contributed by atoms with Crippen LogP contribution in [-0.4, -0.2) is 42.2 Å². The fraction of sp³-hybridized carbons (Fsp3) is 0.400. The molecule has 11 heteroatoms. The van der Waals surface area contributed by atoms with E-state index in [4.69, 9.17) is 4.63 Å². The van der Waals surface area contributed by atoms with E-state index in [1.165, 1.54) is 31.1 Å². The van der Waals surface area contributed by atoms with Gasteiger partial charge in [0.2, 0.25) is 21.7 Å². The molecule has 0 amide bonds. The summed E-state index contributed by atoms with van der Waals surface area (Å²) in [6, 6.07) is 8.48. The van der Waals surface area contributed by atoms with Crippen LogP contribution in [0.4, 0.5) is 17.3 Å². The van der Waals surface area contributed by atoms with Crippen LogP contribution in [0.25, 0.3) is 0 Å². The fourth-order valence-corrected chi connectivity index (χ4v) is 5.15. The Hall–Kier alpha value is -2.63. The van der Waals surface area contributed by atoms with E-state index >= 15 is 0 Å². The zero-order chi connectivity index (χ0) is 23.0. The summed E-state index contributed by atoms with van der Waals surface area (Å²) in [5, 5.41) is 24.7. The molecule has 3 N–H and O–H groups in total. The number of benzene rings is 1. The van der Waals surface area contributed by atoms with Crippen molar-refractivity contribution in [3.63, 3.8) is 0 Å². The van der Waals surface area contributed by atoms with Crippen LogP contribution in [0.15, 0.2) is 39.9 Å². The summed E-state index contributed by atoms with van der Waals surface area (Å²) in [7, 11) is -1.02. The van der Waals surface area contributed by atoms with Crippen LogP contribution < -0.4 is 10.6 Å². The number of nitrogens with zero attached hydrogens (tertiary/aromatic N) is 3. The third-order valence-corrected chi connectivity index (χ3v) is 7.60. The summed E-state index contributed by atoms with van der Waals surface area (Å²) >= 11 is 1.69. The van der Waals surface area contributed by atoms with Crippen LogP contribution in [0.3, 0.4) is 0 Å². The lowest BCUT2D eigenvalue weighted by molar-refractivity contribution is 0.307. The third kappa shape index (κ3) is 4.83. The molecule has 0 radical (unpaired) electrons. The second-order valence-corrected chi connectivity index (χ2v) is 11.9. The first-order valence-electron chi connectivity index (χ1n) is 9.58. The minimum Gasteiger partial charge on any atom is -0.504 e. The number of aromatic nitrogens is 2. The first-order chi connectivity index (χ1) is 14.4. The highest BCUT2D eigenvalue weighted by Gasteiger charge is 2.30. The van der Waals surface area contributed by atoms with E-state index in [1.54, 1.807) is 17.4 Å². The van der Waals surface area contributed by atoms with Gasteiger partial charge in [-0.05, 0) is 46.9 Å². The van der Waals surface area contributed by atoms with Crippen molar-refractivity contribution in [2.45, 2.75) is 38.6 Å². The number of phenols is 1. The molecule has 0 saturated heterocycles. The molecule has 0 unspecified atom stereocenters. The first kappa shape index (κ1) is 23.0. The average molecular weight is 466 g/mol. The van der Waals surface area contributed by atoms with E-state index in [1.807, 2.05) is 0 Å². The largest absolute Gasteiger partial charge is 0.504 e. The molecule has 168 valence electrons. The van der Waals surface area contributed by atoms with Crippen molar-refractivity contribution in [1.82, 2.24) is 14.6 Å². The second kappa shape index (κ2) is 8.48. The van der Waals surface area contributed by atoms with Crippen LogP contribution in [0.5, 0.6) is 5.75 Å². The number of aromatic hydroxyl groups is 1. The van der Waals surface area contributed by atoms with E-state index in [9.17, 15) is 13.5 Å². The summed E-state index contributed by atoms with van der Waals surface area (Å²) in [6.07, 6.45) is 0. The van der Waals surface area contributed by atoms with Crippen molar-refractivity contribution in [3.05, 3.63) is 40.1 Å². The molecule has 1 aromatic carbocycles. The molecule has 3 rings (SSSR count). The Morgan fingerprint density at radius 1 is 1.13 bits per heavy atom. The van der Waals surface area contributed by atoms with Crippen LogP contribution in [0.2, 0.25) is 0 Å². The molecule has 1 atom stereocenters. The summed E-state index contributed by atoms with van der Waals surface area (Å²) in [5.74, 6) is 0.176. The number of sulfonamides is 1. The van der Waals surface area contributed by atoms with Crippen LogP contribution >= 0.6 is 11.3 Å². The highest BCUT2D eigenvalue weighted by molar-refractivity contribution is 7.89. The highest BCUT2D eigenvalue weighted by atomic mass is 32.2. The smallest absolute Gasteiger partial charge is 0.246 e. The van der Waals surface area contributed by atoms with Gasteiger partial charge in [0.05, 0.1) is 11.7 Å². The summed E-state index contributed by atoms with van der Waals surface area (Å²) < 4.78 is 30.9. The molecule has 0 saturated carbocycles. The molecule has 0 bridgehead atoms. The molecule has 0 aliphatic heterocycles. The van der Waals surface area contributed by atoms with Gasteiger partial charge in [-0.2, -0.15) is 0 Å². The van der Waals surface area contributed by atoms with E-state index in [0.29, 0.717) is 5.82 Å². The molecule has 0 aliphatic carbocycles. The molecule has 31 heavy (non-hydrogen) atoms. The Bertz CT molecular complexity index is 1160. The van der Waals surface area contributed by atoms with Gasteiger partial charge in [-0.1, -0.05) is 26.8 Å². The van der Waals surface area contributed by atoms with Gasteiger partial charge in [-0.15, -0.1) is 11.3 Å². The lowest BCUT2D eigenvalue weighted by Crippen LogP contribution is -2.25. The Morgan fingerprint density at radius 2 is 1.81 bits per heavy atom. The van der Waals surface area contributed by atoms with Gasteiger partial charge in [0.25, 0.3) is 0 Å². The number of aryl methyl sites for hydroxylation is 1. The number of nitrogens with one attached hydrogen (secondary N) is 2. The lowest BCUT2D eigenvalue weighted by Gasteiger charge is -2.30. The summed E-state index contributed by atoms with van der Waals surface area (Å²) in [6.45, 7) is 8.39. The Balaban J connectivity index is 1.93. The maximum Gasteiger partial charge on any atom is 0.246 e. The molecule has 2 heterocycles. The number of phenolic OH excluding ortho intramolecular Hbond substituents is 1. The number of para-hydroxylation sites is 1. The van der Waals surface area contributed by atoms with Gasteiger partial charge in [0, 0.05) is 23.8 Å². The number of thiophene rings is 1. The van der Waals surface area contributed by atoms with Crippen LogP contribution in [-0.2, 0) is 10.0 Å². The van der Waals surface area contributed by atoms with Crippen molar-refractivity contribution >= 4 is 38.7 Å². The third-order valence-electron chi connectivity index (χ3n) is 4.69. The molecular formula is C20H27N5O4S2. The fourth-order valence-electron chi connectivity index (χ4n) is 2.98. The standard InChI is InChI=1S/C20H27N5O4S2/c1-12-10-11-14(30-12)17(20(2,3)4)22-19-18(23-29-24-19)21-13-8-7-9-15(16(13)26)31(27,28)25(5)6/h7-11,17,26H,1-6H3,(H,21,23)(H,22,24)/t17-/m0/s1. The molecule has 2 aromatic heterocycles. The molecule has 9 nitrogen and oxygen atoms in total. The summed E-state index contributed by atoms with van der Waals surface area (Å²) in [5.41, 5.74) is 0.0241. The van der Waals surface area contributed by atoms with Gasteiger partial charge in [0.1, 0.15) is 4.90 Å². The van der Waals surface area contributed by atoms with Gasteiger partial charge in [-0.3, -0.25) is 0 Å². The van der Waals surface area contributed by atoms with Crippen molar-refractivity contribution in [1.29, 1.82) is 0 Å². The molecule has 0 aliphatic rings. The SMILES string of the molecule is Cc1ccc([C@H](Nc2nonc2Nc2cccc(S(=O)(=O)N(C)C)c2O)C(C)(C)C)s1. The van der Waals surface area contributed by atoms with Gasteiger partial charge in [0.15, 0.2) is 5.75 Å². The quantitative estimate of drug-likeness (QED) is 0.441. The zero-order valence-electron chi connectivity index (χ0n) is 18.3. The van der Waals surface area contributed by atoms with Crippen molar-refractivity contribution in [2.24, 2.45) is 5.41 Å². The normalized spacial score (nSPS) is 13.4. The second-order valence-electron chi connectivity index (χ2n) is 8.42. The van der Waals surface area contributed by atoms with E-state index in [2.05, 4.69) is 60.8 Å².